The van der Waals surface area contributed by atoms with Crippen LogP contribution in [0.4, 0.5) is 5.69 Å². The molecule has 0 radical (unpaired) electrons. The normalized spacial score (nSPS) is 16.9. The molecule has 0 unspecified atom stereocenters. The Labute approximate surface area is 112 Å². The Morgan fingerprint density at radius 2 is 2.18 bits per heavy atom. The Hall–Kier alpha value is -0.540. The summed E-state index contributed by atoms with van der Waals surface area (Å²) in [4.78, 5) is 2.52. The molecule has 2 nitrogen and oxygen atoms in total. The largest absolute Gasteiger partial charge is 0.369 e. The van der Waals surface area contributed by atoms with Crippen LogP contribution in [0.1, 0.15) is 44.7 Å². The Morgan fingerprint density at radius 1 is 1.47 bits per heavy atom. The average Bonchev–Trinajstić information content (AvgIpc) is 3.09. The zero-order chi connectivity index (χ0) is 12.4. The fourth-order valence-corrected chi connectivity index (χ4v) is 2.94. The van der Waals surface area contributed by atoms with Gasteiger partial charge in [-0.15, -0.1) is 0 Å². The molecule has 1 aliphatic carbocycles. The van der Waals surface area contributed by atoms with E-state index in [0.717, 1.165) is 17.1 Å². The first kappa shape index (κ1) is 12.9. The molecule has 1 saturated carbocycles. The highest BCUT2D eigenvalue weighted by Gasteiger charge is 2.28. The van der Waals surface area contributed by atoms with E-state index in [1.165, 1.54) is 30.5 Å². The molecule has 1 fully saturated rings. The predicted octanol–water partition coefficient (Wildman–Crippen LogP) is 3.85. The van der Waals surface area contributed by atoms with Gasteiger partial charge in [0, 0.05) is 28.8 Å². The maximum atomic E-state index is 5.93. The Balaban J connectivity index is 2.22. The summed E-state index contributed by atoms with van der Waals surface area (Å²) < 4.78 is 1.13. The molecule has 2 N–H and O–H groups in total. The summed E-state index contributed by atoms with van der Waals surface area (Å²) in [5, 5.41) is 0. The Morgan fingerprint density at radius 3 is 2.65 bits per heavy atom. The van der Waals surface area contributed by atoms with Crippen LogP contribution in [0.3, 0.4) is 0 Å². The molecular formula is C14H21BrN2. The van der Waals surface area contributed by atoms with Crippen LogP contribution in [0, 0.1) is 0 Å². The second-order valence-electron chi connectivity index (χ2n) is 4.92. The number of hydrogen-bond donors (Lipinski definition) is 1. The van der Waals surface area contributed by atoms with Crippen molar-refractivity contribution < 1.29 is 0 Å². The first-order chi connectivity index (χ1) is 8.13. The van der Waals surface area contributed by atoms with E-state index in [2.05, 4.69) is 46.0 Å². The molecule has 1 aliphatic rings. The van der Waals surface area contributed by atoms with Crippen molar-refractivity contribution in [3.05, 3.63) is 28.2 Å². The lowest BCUT2D eigenvalue weighted by molar-refractivity contribution is 0.760. The van der Waals surface area contributed by atoms with Gasteiger partial charge in [-0.25, -0.2) is 0 Å². The van der Waals surface area contributed by atoms with Gasteiger partial charge < -0.3 is 10.6 Å². The van der Waals surface area contributed by atoms with E-state index in [1.54, 1.807) is 0 Å². The highest BCUT2D eigenvalue weighted by molar-refractivity contribution is 9.10. The third-order valence-corrected chi connectivity index (χ3v) is 3.95. The SMILES string of the molecule is CCCN(c1ccc([C@H](C)N)c(Br)c1)C1CC1. The molecule has 0 heterocycles. The van der Waals surface area contributed by atoms with Crippen LogP contribution in [0.2, 0.25) is 0 Å². The highest BCUT2D eigenvalue weighted by atomic mass is 79.9. The van der Waals surface area contributed by atoms with E-state index < -0.39 is 0 Å². The number of rotatable bonds is 5. The molecule has 3 heteroatoms. The van der Waals surface area contributed by atoms with Crippen LogP contribution in [0.15, 0.2) is 22.7 Å². The summed E-state index contributed by atoms with van der Waals surface area (Å²) in [6.07, 6.45) is 3.88. The lowest BCUT2D eigenvalue weighted by Gasteiger charge is -2.25. The second kappa shape index (κ2) is 5.40. The van der Waals surface area contributed by atoms with E-state index in [0.29, 0.717) is 0 Å². The maximum Gasteiger partial charge on any atom is 0.0380 e. The first-order valence-electron chi connectivity index (χ1n) is 6.45. The summed E-state index contributed by atoms with van der Waals surface area (Å²) in [5.74, 6) is 0. The molecule has 1 atom stereocenters. The van der Waals surface area contributed by atoms with Gasteiger partial charge in [0.1, 0.15) is 0 Å². The Kier molecular flexibility index (Phi) is 4.10. The highest BCUT2D eigenvalue weighted by Crippen LogP contribution is 2.34. The fourth-order valence-electron chi connectivity index (χ4n) is 2.21. The van der Waals surface area contributed by atoms with Gasteiger partial charge in [0.25, 0.3) is 0 Å². The lowest BCUT2D eigenvalue weighted by atomic mass is 10.1. The van der Waals surface area contributed by atoms with Crippen LogP contribution in [-0.2, 0) is 0 Å². The van der Waals surface area contributed by atoms with Crippen molar-refractivity contribution in [1.82, 2.24) is 0 Å². The van der Waals surface area contributed by atoms with E-state index >= 15 is 0 Å². The number of hydrogen-bond acceptors (Lipinski definition) is 2. The van der Waals surface area contributed by atoms with E-state index in [1.807, 2.05) is 6.92 Å². The maximum absolute atomic E-state index is 5.93. The molecule has 0 aliphatic heterocycles. The predicted molar refractivity (Wildman–Crippen MR) is 77.4 cm³/mol. The van der Waals surface area contributed by atoms with Gasteiger partial charge in [0.05, 0.1) is 0 Å². The molecule has 17 heavy (non-hydrogen) atoms. The summed E-state index contributed by atoms with van der Waals surface area (Å²) in [5.41, 5.74) is 8.43. The minimum absolute atomic E-state index is 0.0824. The Bertz CT molecular complexity index is 386. The quantitative estimate of drug-likeness (QED) is 0.894. The molecule has 0 aromatic heterocycles. The molecule has 0 bridgehead atoms. The van der Waals surface area contributed by atoms with Crippen LogP contribution < -0.4 is 10.6 Å². The molecule has 0 spiro atoms. The molecule has 94 valence electrons. The third kappa shape index (κ3) is 3.02. The fraction of sp³-hybridized carbons (Fsp3) is 0.571. The summed E-state index contributed by atoms with van der Waals surface area (Å²) in [6.45, 7) is 5.40. The van der Waals surface area contributed by atoms with Crippen LogP contribution in [0.5, 0.6) is 0 Å². The molecule has 1 aromatic carbocycles. The van der Waals surface area contributed by atoms with Crippen molar-refractivity contribution in [1.29, 1.82) is 0 Å². The number of halogens is 1. The van der Waals surface area contributed by atoms with Gasteiger partial charge in [-0.1, -0.05) is 28.9 Å². The van der Waals surface area contributed by atoms with Crippen molar-refractivity contribution in [3.63, 3.8) is 0 Å². The molecule has 2 rings (SSSR count). The van der Waals surface area contributed by atoms with Crippen LogP contribution >= 0.6 is 15.9 Å². The van der Waals surface area contributed by atoms with Crippen molar-refractivity contribution >= 4 is 21.6 Å². The van der Waals surface area contributed by atoms with Crippen molar-refractivity contribution in [2.24, 2.45) is 5.73 Å². The minimum atomic E-state index is 0.0824. The summed E-state index contributed by atoms with van der Waals surface area (Å²) >= 11 is 3.63. The lowest BCUT2D eigenvalue weighted by Crippen LogP contribution is -2.26. The molecule has 0 saturated heterocycles. The van der Waals surface area contributed by atoms with Gasteiger partial charge in [-0.05, 0) is 43.9 Å². The van der Waals surface area contributed by atoms with Crippen molar-refractivity contribution in [3.8, 4) is 0 Å². The number of anilines is 1. The third-order valence-electron chi connectivity index (χ3n) is 3.26. The van der Waals surface area contributed by atoms with E-state index in [-0.39, 0.29) is 6.04 Å². The van der Waals surface area contributed by atoms with E-state index in [4.69, 9.17) is 5.73 Å². The van der Waals surface area contributed by atoms with E-state index in [9.17, 15) is 0 Å². The van der Waals surface area contributed by atoms with Crippen molar-refractivity contribution in [2.45, 2.75) is 45.2 Å². The number of nitrogens with two attached hydrogens (primary N) is 1. The van der Waals surface area contributed by atoms with Gasteiger partial charge in [-0.3, -0.25) is 0 Å². The van der Waals surface area contributed by atoms with Gasteiger partial charge >= 0.3 is 0 Å². The van der Waals surface area contributed by atoms with Crippen LogP contribution in [-0.4, -0.2) is 12.6 Å². The zero-order valence-electron chi connectivity index (χ0n) is 10.6. The van der Waals surface area contributed by atoms with Gasteiger partial charge in [0.2, 0.25) is 0 Å². The topological polar surface area (TPSA) is 29.3 Å². The van der Waals surface area contributed by atoms with Gasteiger partial charge in [0.15, 0.2) is 0 Å². The zero-order valence-corrected chi connectivity index (χ0v) is 12.2. The number of benzene rings is 1. The standard InChI is InChI=1S/C14H21BrN2/c1-3-8-17(11-4-5-11)12-6-7-13(10(2)16)14(15)9-12/h6-7,9-11H,3-5,8,16H2,1-2H3/t10-/m0/s1. The minimum Gasteiger partial charge on any atom is -0.369 e. The summed E-state index contributed by atoms with van der Waals surface area (Å²) in [6, 6.07) is 7.42. The monoisotopic (exact) mass is 296 g/mol. The van der Waals surface area contributed by atoms with Crippen LogP contribution in [0.25, 0.3) is 0 Å². The number of nitrogens with zero attached hydrogens (tertiary/aromatic N) is 1. The smallest absolute Gasteiger partial charge is 0.0380 e. The average molecular weight is 297 g/mol. The van der Waals surface area contributed by atoms with Crippen molar-refractivity contribution in [2.75, 3.05) is 11.4 Å². The summed E-state index contributed by atoms with van der Waals surface area (Å²) in [7, 11) is 0. The first-order valence-corrected chi connectivity index (χ1v) is 7.24. The molecule has 1 aromatic rings. The van der Waals surface area contributed by atoms with Gasteiger partial charge in [-0.2, -0.15) is 0 Å². The second-order valence-corrected chi connectivity index (χ2v) is 5.77. The molecular weight excluding hydrogens is 276 g/mol. The molecule has 0 amide bonds.